The van der Waals surface area contributed by atoms with Gasteiger partial charge in [0.1, 0.15) is 42.0 Å². The average Bonchev–Trinajstić information content (AvgIpc) is 3.60. The van der Waals surface area contributed by atoms with Crippen LogP contribution < -0.4 is 16.4 Å². The number of carbonyl (C=O) groups excluding carboxylic acids is 4. The predicted molar refractivity (Wildman–Crippen MR) is 189 cm³/mol. The molecule has 55 heavy (non-hydrogen) atoms. The van der Waals surface area contributed by atoms with Crippen molar-refractivity contribution >= 4 is 74.9 Å². The van der Waals surface area contributed by atoms with Crippen LogP contribution >= 0.6 is 35.2 Å². The number of nitrogen functional groups attached to an aromatic ring is 1. The van der Waals surface area contributed by atoms with Gasteiger partial charge in [0.15, 0.2) is 22.8 Å². The smallest absolute Gasteiger partial charge is 0.386 e. The highest BCUT2D eigenvalue weighted by Gasteiger charge is 2.50. The molecular weight excluding hydrogens is 823 g/mol. The molecule has 1 aliphatic heterocycles. The van der Waals surface area contributed by atoms with Crippen LogP contribution in [-0.2, 0) is 55.5 Å². The summed E-state index contributed by atoms with van der Waals surface area (Å²) in [6.45, 7) is 4.96. The number of nitrogens with one attached hydrogen (secondary N) is 2. The van der Waals surface area contributed by atoms with Crippen LogP contribution in [0, 0.1) is 5.41 Å². The Hall–Kier alpha value is -2.77. The summed E-state index contributed by atoms with van der Waals surface area (Å²) >= 11 is 1.03. The summed E-state index contributed by atoms with van der Waals surface area (Å²) in [7, 11) is -16.4. The first-order valence-electron chi connectivity index (χ1n) is 15.7. The van der Waals surface area contributed by atoms with Crippen LogP contribution in [0.25, 0.3) is 11.2 Å². The molecule has 0 aromatic carbocycles. The van der Waals surface area contributed by atoms with E-state index < -0.39 is 84.6 Å². The third kappa shape index (κ3) is 16.3. The Morgan fingerprint density at radius 3 is 2.24 bits per heavy atom. The van der Waals surface area contributed by atoms with Crippen molar-refractivity contribution in [1.82, 2.24) is 30.2 Å². The number of rotatable bonds is 19. The molecule has 1 saturated heterocycles. The summed E-state index contributed by atoms with van der Waals surface area (Å²) in [6.07, 6.45) is -6.88. The maximum atomic E-state index is 12.6. The molecule has 29 heteroatoms. The summed E-state index contributed by atoms with van der Waals surface area (Å²) in [5, 5.41) is 26.1. The van der Waals surface area contributed by atoms with Gasteiger partial charge in [-0.2, -0.15) is 4.31 Å². The average molecular weight is 868 g/mol. The minimum Gasteiger partial charge on any atom is -0.386 e. The maximum absolute atomic E-state index is 12.6. The highest BCUT2D eigenvalue weighted by atomic mass is 32.2. The highest BCUT2D eigenvalue weighted by Crippen LogP contribution is 2.61. The molecule has 1 aliphatic rings. The number of Topliss-reactive ketones (excluding diaryl/α,β-unsaturated/α-hetero) is 1. The Labute approximate surface area is 317 Å². The van der Waals surface area contributed by atoms with Crippen LogP contribution in [0.15, 0.2) is 12.7 Å². The number of hydrogen-bond acceptors (Lipinski definition) is 19. The fraction of sp³-hybridized carbons (Fsp3) is 0.654. The topological polar surface area (TPSA) is 381 Å². The number of ether oxygens (including phenoxy) is 1. The van der Waals surface area contributed by atoms with Gasteiger partial charge in [-0.25, -0.2) is 28.6 Å². The number of imidazole rings is 1. The van der Waals surface area contributed by atoms with E-state index >= 15 is 0 Å². The van der Waals surface area contributed by atoms with Crippen molar-refractivity contribution in [3.8, 4) is 0 Å². The molecule has 312 valence electrons. The number of hydrogen-bond donors (Lipinski definition) is 9. The van der Waals surface area contributed by atoms with E-state index in [4.69, 9.17) is 19.5 Å². The lowest BCUT2D eigenvalue weighted by atomic mass is 9.87. The van der Waals surface area contributed by atoms with E-state index in [0.717, 1.165) is 29.0 Å². The van der Waals surface area contributed by atoms with E-state index in [9.17, 15) is 62.7 Å². The number of aliphatic hydroxyl groups excluding tert-OH is 2. The summed E-state index contributed by atoms with van der Waals surface area (Å²) < 4.78 is 61.8. The Kier molecular flexibility index (Phi) is 18.1. The lowest BCUT2D eigenvalue weighted by Gasteiger charge is -2.30. The molecule has 3 rings (SSSR count). The lowest BCUT2D eigenvalue weighted by molar-refractivity contribution is -0.137. The number of carbonyl (C=O) groups is 4. The van der Waals surface area contributed by atoms with Gasteiger partial charge in [0, 0.05) is 37.6 Å². The van der Waals surface area contributed by atoms with Gasteiger partial charge in [0.25, 0.3) is 0 Å². The second-order valence-electron chi connectivity index (χ2n) is 12.3. The van der Waals surface area contributed by atoms with Gasteiger partial charge in [-0.05, 0) is 13.8 Å². The van der Waals surface area contributed by atoms with Crippen molar-refractivity contribution in [2.75, 3.05) is 37.8 Å². The zero-order valence-corrected chi connectivity index (χ0v) is 33.5. The number of thioether (sulfide) groups is 1. The molecule has 0 bridgehead atoms. The van der Waals surface area contributed by atoms with Gasteiger partial charge < -0.3 is 55.7 Å². The summed E-state index contributed by atoms with van der Waals surface area (Å²) in [6, 6.07) is 0. The Bertz CT molecular complexity index is 1810. The number of aromatic nitrogens is 4. The lowest BCUT2D eigenvalue weighted by Crippen LogP contribution is -2.46. The number of fused-ring (bicyclic) bond motifs is 1. The number of ketones is 1. The molecular formula is C26H44N7O18P3S. The summed E-state index contributed by atoms with van der Waals surface area (Å²) in [5.74, 6) is -0.918. The zero-order chi connectivity index (χ0) is 41.9. The second kappa shape index (κ2) is 20.6. The molecule has 0 spiro atoms. The van der Waals surface area contributed by atoms with Crippen molar-refractivity contribution in [1.29, 1.82) is 0 Å². The van der Waals surface area contributed by atoms with Gasteiger partial charge in [-0.15, -0.1) is 0 Å². The largest absolute Gasteiger partial charge is 0.481 e. The highest BCUT2D eigenvalue weighted by molar-refractivity contribution is 8.13. The van der Waals surface area contributed by atoms with Crippen LogP contribution in [-0.4, -0.2) is 128 Å². The fourth-order valence-corrected chi connectivity index (χ4v) is 7.65. The first kappa shape index (κ1) is 48.4. The predicted octanol–water partition coefficient (Wildman–Crippen LogP) is -0.720. The van der Waals surface area contributed by atoms with E-state index in [1.54, 1.807) is 0 Å². The minimum absolute atomic E-state index is 0.0310. The molecule has 0 radical (unpaired) electrons. The second-order valence-corrected chi connectivity index (χ2v) is 17.8. The SMILES string of the molecule is CC(=O)SCCNC(=O)CCNC(=O)[C@H](O)C(C)(C)COP(=O)(O)OP(=O)(O)OC[C@H]1O[C@@H](n2cnc3c(N)ncnc32)[C@H](O)[C@@H]1OP(=O)(O)O.CC(C)=O. The number of nitrogens with two attached hydrogens (primary N) is 1. The van der Waals surface area contributed by atoms with Crippen molar-refractivity contribution in [3.63, 3.8) is 0 Å². The fourth-order valence-electron chi connectivity index (χ4n) is 4.32. The summed E-state index contributed by atoms with van der Waals surface area (Å²) in [5.41, 5.74) is 4.26. The van der Waals surface area contributed by atoms with E-state index in [1.165, 1.54) is 34.6 Å². The molecule has 3 heterocycles. The third-order valence-corrected chi connectivity index (χ3v) is 10.7. The Morgan fingerprint density at radius 1 is 1.02 bits per heavy atom. The first-order valence-corrected chi connectivity index (χ1v) is 21.3. The van der Waals surface area contributed by atoms with E-state index in [-0.39, 0.29) is 47.4 Å². The van der Waals surface area contributed by atoms with E-state index in [2.05, 4.69) is 34.4 Å². The monoisotopic (exact) mass is 867 g/mol. The number of phosphoric ester groups is 3. The van der Waals surface area contributed by atoms with Crippen LogP contribution in [0.3, 0.4) is 0 Å². The Morgan fingerprint density at radius 2 is 1.64 bits per heavy atom. The molecule has 0 aliphatic carbocycles. The summed E-state index contributed by atoms with van der Waals surface area (Å²) in [4.78, 5) is 95.4. The number of phosphoric acid groups is 3. The number of aliphatic hydroxyl groups is 2. The van der Waals surface area contributed by atoms with Gasteiger partial charge >= 0.3 is 23.5 Å². The third-order valence-electron chi connectivity index (χ3n) is 6.81. The van der Waals surface area contributed by atoms with Crippen LogP contribution in [0.2, 0.25) is 0 Å². The van der Waals surface area contributed by atoms with Gasteiger partial charge in [0.05, 0.1) is 19.5 Å². The molecule has 1 fully saturated rings. The van der Waals surface area contributed by atoms with Gasteiger partial charge in [-0.1, -0.05) is 25.6 Å². The molecule has 2 unspecified atom stereocenters. The van der Waals surface area contributed by atoms with Crippen LogP contribution in [0.4, 0.5) is 5.82 Å². The molecule has 2 aromatic rings. The minimum atomic E-state index is -5.56. The van der Waals surface area contributed by atoms with Gasteiger partial charge in [0.2, 0.25) is 11.8 Å². The Balaban J connectivity index is 0.00000248. The normalized spacial score (nSPS) is 21.4. The molecule has 25 nitrogen and oxygen atoms in total. The molecule has 2 amide bonds. The molecule has 0 saturated carbocycles. The number of anilines is 1. The quantitative estimate of drug-likeness (QED) is 0.0621. The van der Waals surface area contributed by atoms with Crippen molar-refractivity contribution in [2.24, 2.45) is 5.41 Å². The first-order chi connectivity index (χ1) is 25.2. The van der Waals surface area contributed by atoms with Crippen LogP contribution in [0.1, 0.15) is 47.3 Å². The van der Waals surface area contributed by atoms with E-state index in [1.807, 2.05) is 0 Å². The van der Waals surface area contributed by atoms with E-state index in [0.29, 0.717) is 5.75 Å². The maximum Gasteiger partial charge on any atom is 0.481 e. The van der Waals surface area contributed by atoms with Crippen molar-refractivity contribution < 1.29 is 85.3 Å². The molecule has 10 N–H and O–H groups in total. The van der Waals surface area contributed by atoms with Gasteiger partial charge in [-0.3, -0.25) is 32.5 Å². The van der Waals surface area contributed by atoms with Crippen molar-refractivity contribution in [3.05, 3.63) is 12.7 Å². The van der Waals surface area contributed by atoms with Crippen molar-refractivity contribution in [2.45, 2.75) is 71.7 Å². The van der Waals surface area contributed by atoms with Crippen LogP contribution in [0.5, 0.6) is 0 Å². The zero-order valence-electron chi connectivity index (χ0n) is 30.0. The standard InChI is InChI=1S/C23H38N7O17P3S.C3H6O/c1-12(31)51-7-6-25-14(32)4-5-26-21(35)18(34)23(2,3)9-44-50(41,42)47-49(39,40)43-8-13-17(46-48(36,37)38)16(33)22(45-13)30-11-29-15-19(24)27-10-28-20(15)30;1-3(2)4/h10-11,13,16-18,22,33-34H,4-9H2,1-3H3,(H,25,32)(H,26,35)(H,39,40)(H,41,42)(H2,24,27,28)(H2,36,37,38);1-2H3/t13-,16-,17-,18+,22-;/m1./s1. The molecule has 7 atom stereocenters. The number of amides is 2. The number of nitrogens with zero attached hydrogens (tertiary/aromatic N) is 4. The molecule has 2 aromatic heterocycles.